The lowest BCUT2D eigenvalue weighted by molar-refractivity contribution is -0.123. The number of halogens is 1. The van der Waals surface area contributed by atoms with Gasteiger partial charge in [-0.1, -0.05) is 62.7 Å². The van der Waals surface area contributed by atoms with Crippen LogP contribution >= 0.6 is 11.8 Å². The highest BCUT2D eigenvalue weighted by Crippen LogP contribution is 2.49. The van der Waals surface area contributed by atoms with Gasteiger partial charge in [0.25, 0.3) is 0 Å². The first kappa shape index (κ1) is 28.5. The van der Waals surface area contributed by atoms with Gasteiger partial charge in [-0.3, -0.25) is 19.5 Å². The van der Waals surface area contributed by atoms with Crippen LogP contribution in [-0.2, 0) is 21.5 Å². The fourth-order valence-electron chi connectivity index (χ4n) is 5.11. The number of amides is 2. The van der Waals surface area contributed by atoms with Crippen molar-refractivity contribution in [3.05, 3.63) is 106 Å². The number of fused-ring (bicyclic) bond motifs is 1. The summed E-state index contributed by atoms with van der Waals surface area (Å²) in [5, 5.41) is 7.50. The molecule has 2 aromatic carbocycles. The first-order valence-electron chi connectivity index (χ1n) is 13.6. The topological polar surface area (TPSA) is 80.1 Å². The molecular weight excluding hydrogens is 537 g/mol. The first-order chi connectivity index (χ1) is 19.5. The van der Waals surface area contributed by atoms with E-state index in [9.17, 15) is 9.59 Å². The normalized spacial score (nSPS) is 15.4. The molecule has 3 heterocycles. The molecule has 0 fully saturated rings. The Hall–Kier alpha value is -3.98. The van der Waals surface area contributed by atoms with Crippen LogP contribution in [0.25, 0.3) is 5.69 Å². The smallest absolute Gasteiger partial charge is 0.240 e. The quantitative estimate of drug-likeness (QED) is 0.316. The second kappa shape index (κ2) is 11.5. The Kier molecular flexibility index (Phi) is 8.00. The van der Waals surface area contributed by atoms with Crippen molar-refractivity contribution in [2.75, 3.05) is 17.2 Å². The molecule has 2 amide bonds. The van der Waals surface area contributed by atoms with Crippen LogP contribution in [-0.4, -0.2) is 38.9 Å². The number of carbonyl (C=O) groups excluding carboxylic acids is 2. The van der Waals surface area contributed by atoms with Crippen molar-refractivity contribution in [3.8, 4) is 5.69 Å². The van der Waals surface area contributed by atoms with Gasteiger partial charge in [0, 0.05) is 22.7 Å². The fourth-order valence-corrected chi connectivity index (χ4v) is 6.33. The third kappa shape index (κ3) is 5.91. The maximum atomic E-state index is 15.3. The number of aryl methyl sites for hydroxylation is 2. The molecular formula is C32H34FN5O2S. The highest BCUT2D eigenvalue weighted by atomic mass is 32.2. The summed E-state index contributed by atoms with van der Waals surface area (Å²) in [6.45, 7) is 10.2. The number of nitrogens with one attached hydrogen (secondary N) is 1. The number of anilines is 1. The maximum absolute atomic E-state index is 15.3. The monoisotopic (exact) mass is 571 g/mol. The van der Waals surface area contributed by atoms with Crippen molar-refractivity contribution in [2.45, 2.75) is 51.8 Å². The molecule has 1 aliphatic rings. The first-order valence-corrected chi connectivity index (χ1v) is 14.6. The molecule has 9 heteroatoms. The SMILES string of the molecule is Cc1ccc(-n2nc(C(C)(C)C)c3c2N(CC(=O)NCc2ccccn2)C(=O)CS[C@@H]3c2ccccc2F)c(C)c1. The summed E-state index contributed by atoms with van der Waals surface area (Å²) in [7, 11) is 0. The van der Waals surface area contributed by atoms with Crippen LogP contribution in [0, 0.1) is 19.7 Å². The Balaban J connectivity index is 1.69. The van der Waals surface area contributed by atoms with E-state index in [4.69, 9.17) is 5.10 Å². The minimum atomic E-state index is -0.495. The Labute approximate surface area is 244 Å². The molecule has 0 saturated carbocycles. The minimum Gasteiger partial charge on any atom is -0.349 e. The van der Waals surface area contributed by atoms with Crippen LogP contribution in [0.1, 0.15) is 59.7 Å². The van der Waals surface area contributed by atoms with Gasteiger partial charge in [0.1, 0.15) is 18.2 Å². The fraction of sp³-hybridized carbons (Fsp3) is 0.312. The Morgan fingerprint density at radius 3 is 2.54 bits per heavy atom. The third-order valence-electron chi connectivity index (χ3n) is 7.06. The largest absolute Gasteiger partial charge is 0.349 e. The average Bonchev–Trinajstić information content (AvgIpc) is 3.26. The van der Waals surface area contributed by atoms with Crippen LogP contribution in [0.2, 0.25) is 0 Å². The molecule has 41 heavy (non-hydrogen) atoms. The van der Waals surface area contributed by atoms with Gasteiger partial charge in [-0.2, -0.15) is 5.10 Å². The van der Waals surface area contributed by atoms with Crippen LogP contribution < -0.4 is 10.2 Å². The predicted molar refractivity (Wildman–Crippen MR) is 161 cm³/mol. The van der Waals surface area contributed by atoms with E-state index in [0.29, 0.717) is 17.1 Å². The van der Waals surface area contributed by atoms with Gasteiger partial charge in [0.2, 0.25) is 11.8 Å². The lowest BCUT2D eigenvalue weighted by atomic mass is 9.87. The number of nitrogens with zero attached hydrogens (tertiary/aromatic N) is 4. The number of rotatable bonds is 6. The molecule has 1 atom stereocenters. The number of hydrogen-bond donors (Lipinski definition) is 1. The van der Waals surface area contributed by atoms with E-state index in [0.717, 1.165) is 28.1 Å². The van der Waals surface area contributed by atoms with Crippen molar-refractivity contribution in [2.24, 2.45) is 0 Å². The lowest BCUT2D eigenvalue weighted by Crippen LogP contribution is -2.42. The maximum Gasteiger partial charge on any atom is 0.240 e. The second-order valence-corrected chi connectivity index (χ2v) is 12.4. The molecule has 4 aromatic rings. The summed E-state index contributed by atoms with van der Waals surface area (Å²) >= 11 is 1.36. The highest BCUT2D eigenvalue weighted by Gasteiger charge is 2.40. The molecule has 2 aromatic heterocycles. The average molecular weight is 572 g/mol. The molecule has 1 N–H and O–H groups in total. The molecule has 0 spiro atoms. The summed E-state index contributed by atoms with van der Waals surface area (Å²) in [6, 6.07) is 18.2. The standard InChI is InChI=1S/C32H34FN5O2S/c1-20-13-14-25(21(2)16-20)38-31-28(30(36-38)32(3,4)5)29(23-11-6-7-12-24(23)33)41-19-27(40)37(31)18-26(39)35-17-22-10-8-9-15-34-22/h6-16,29H,17-19H2,1-5H3,(H,35,39)/t29-/m1/s1. The van der Waals surface area contributed by atoms with Gasteiger partial charge < -0.3 is 5.32 Å². The minimum absolute atomic E-state index is 0.0810. The molecule has 0 radical (unpaired) electrons. The van der Waals surface area contributed by atoms with Crippen molar-refractivity contribution >= 4 is 29.4 Å². The number of hydrogen-bond acceptors (Lipinski definition) is 5. The molecule has 0 saturated heterocycles. The molecule has 5 rings (SSSR count). The van der Waals surface area contributed by atoms with Crippen LogP contribution in [0.3, 0.4) is 0 Å². The lowest BCUT2D eigenvalue weighted by Gasteiger charge is -2.25. The molecule has 0 unspecified atom stereocenters. The zero-order valence-electron chi connectivity index (χ0n) is 23.9. The van der Waals surface area contributed by atoms with E-state index in [-0.39, 0.29) is 36.5 Å². The summed E-state index contributed by atoms with van der Waals surface area (Å²) in [5.41, 5.74) is 5.14. The summed E-state index contributed by atoms with van der Waals surface area (Å²) in [4.78, 5) is 32.9. The van der Waals surface area contributed by atoms with Crippen molar-refractivity contribution in [1.29, 1.82) is 0 Å². The van der Waals surface area contributed by atoms with Crippen LogP contribution in [0.4, 0.5) is 10.2 Å². The zero-order valence-corrected chi connectivity index (χ0v) is 24.8. The van der Waals surface area contributed by atoms with Gasteiger partial charge in [-0.25, -0.2) is 9.07 Å². The van der Waals surface area contributed by atoms with Gasteiger partial charge in [0.05, 0.1) is 34.6 Å². The molecule has 0 bridgehead atoms. The third-order valence-corrected chi connectivity index (χ3v) is 8.30. The summed E-state index contributed by atoms with van der Waals surface area (Å²) in [5.74, 6) is -0.330. The molecule has 7 nitrogen and oxygen atoms in total. The summed E-state index contributed by atoms with van der Waals surface area (Å²) < 4.78 is 17.1. The molecule has 1 aliphatic heterocycles. The van der Waals surface area contributed by atoms with Gasteiger partial charge >= 0.3 is 0 Å². The van der Waals surface area contributed by atoms with Crippen molar-refractivity contribution < 1.29 is 14.0 Å². The van der Waals surface area contributed by atoms with Gasteiger partial charge in [-0.15, -0.1) is 11.8 Å². The van der Waals surface area contributed by atoms with E-state index in [2.05, 4.69) is 37.1 Å². The van der Waals surface area contributed by atoms with E-state index < -0.39 is 10.7 Å². The molecule has 0 aliphatic carbocycles. The Morgan fingerprint density at radius 2 is 1.85 bits per heavy atom. The number of benzene rings is 2. The van der Waals surface area contributed by atoms with E-state index in [1.54, 1.807) is 29.1 Å². The van der Waals surface area contributed by atoms with Crippen molar-refractivity contribution in [3.63, 3.8) is 0 Å². The Morgan fingerprint density at radius 1 is 1.10 bits per heavy atom. The van der Waals surface area contributed by atoms with E-state index in [1.165, 1.54) is 22.7 Å². The predicted octanol–water partition coefficient (Wildman–Crippen LogP) is 5.81. The molecule has 212 valence electrons. The van der Waals surface area contributed by atoms with Crippen LogP contribution in [0.5, 0.6) is 0 Å². The van der Waals surface area contributed by atoms with E-state index in [1.807, 2.05) is 44.2 Å². The number of carbonyl (C=O) groups is 2. The zero-order chi connectivity index (χ0) is 29.3. The van der Waals surface area contributed by atoms with E-state index >= 15 is 4.39 Å². The van der Waals surface area contributed by atoms with Crippen molar-refractivity contribution in [1.82, 2.24) is 20.1 Å². The Bertz CT molecular complexity index is 1600. The number of thioether (sulfide) groups is 1. The van der Waals surface area contributed by atoms with Gasteiger partial charge in [-0.05, 0) is 43.7 Å². The van der Waals surface area contributed by atoms with Gasteiger partial charge in [0.15, 0.2) is 0 Å². The number of aromatic nitrogens is 3. The highest BCUT2D eigenvalue weighted by molar-refractivity contribution is 8.00. The summed E-state index contributed by atoms with van der Waals surface area (Å²) in [6.07, 6.45) is 1.67. The number of pyridine rings is 1. The van der Waals surface area contributed by atoms with Crippen LogP contribution in [0.15, 0.2) is 66.9 Å². The second-order valence-electron chi connectivity index (χ2n) is 11.3.